The number of nitrogens with two attached hydrogens (primary N) is 1. The number of nitrogens with zero attached hydrogens (tertiary/aromatic N) is 1. The van der Waals surface area contributed by atoms with Crippen molar-refractivity contribution in [1.29, 1.82) is 0 Å². The van der Waals surface area contributed by atoms with Crippen molar-refractivity contribution in [3.8, 4) is 0 Å². The fraction of sp³-hybridized carbons (Fsp3) is 0.857. The van der Waals surface area contributed by atoms with E-state index in [1.807, 2.05) is 0 Å². The molecule has 6 nitrogen and oxygen atoms in total. The zero-order valence-corrected chi connectivity index (χ0v) is 12.1. The number of carbonyl (C=O) groups excluding carboxylic acids is 2. The Hall–Kier alpha value is -1.30. The molecule has 0 bridgehead atoms. The second kappa shape index (κ2) is 6.92. The molecule has 2 unspecified atom stereocenters. The highest BCUT2D eigenvalue weighted by molar-refractivity contribution is 5.82. The van der Waals surface area contributed by atoms with Crippen LogP contribution in [0.25, 0.3) is 0 Å². The van der Waals surface area contributed by atoms with Crippen molar-refractivity contribution >= 4 is 12.0 Å². The zero-order valence-electron chi connectivity index (χ0n) is 12.1. The van der Waals surface area contributed by atoms with Crippen LogP contribution in [0.15, 0.2) is 0 Å². The van der Waals surface area contributed by atoms with Gasteiger partial charge in [-0.05, 0) is 38.0 Å². The lowest BCUT2D eigenvalue weighted by molar-refractivity contribution is -0.130. The highest BCUT2D eigenvalue weighted by atomic mass is 16.6. The van der Waals surface area contributed by atoms with E-state index in [9.17, 15) is 9.59 Å². The maximum Gasteiger partial charge on any atom is 0.407 e. The number of hydrogen-bond donors (Lipinski definition) is 2. The van der Waals surface area contributed by atoms with Crippen LogP contribution in [0.1, 0.15) is 39.0 Å². The summed E-state index contributed by atoms with van der Waals surface area (Å²) in [6.07, 6.45) is 4.56. The van der Waals surface area contributed by atoms with E-state index in [1.165, 1.54) is 0 Å². The molecule has 2 aliphatic rings. The van der Waals surface area contributed by atoms with E-state index >= 15 is 0 Å². The number of alkyl carbamates (subject to hydrolysis) is 1. The molecule has 1 saturated carbocycles. The largest absolute Gasteiger partial charge is 0.446 e. The summed E-state index contributed by atoms with van der Waals surface area (Å²) in [7, 11) is 0. The molecule has 20 heavy (non-hydrogen) atoms. The van der Waals surface area contributed by atoms with Gasteiger partial charge in [0.05, 0.1) is 0 Å². The average Bonchev–Trinajstić information content (AvgIpc) is 3.05. The third-order valence-corrected chi connectivity index (χ3v) is 4.18. The van der Waals surface area contributed by atoms with Crippen LogP contribution in [0, 0.1) is 5.92 Å². The molecule has 0 spiro atoms. The van der Waals surface area contributed by atoms with E-state index in [4.69, 9.17) is 10.5 Å². The van der Waals surface area contributed by atoms with Crippen LogP contribution < -0.4 is 11.1 Å². The van der Waals surface area contributed by atoms with Crippen molar-refractivity contribution in [2.75, 3.05) is 19.6 Å². The van der Waals surface area contributed by atoms with Gasteiger partial charge in [-0.3, -0.25) is 4.79 Å². The summed E-state index contributed by atoms with van der Waals surface area (Å²) in [6.45, 7) is 3.30. The summed E-state index contributed by atoms with van der Waals surface area (Å²) in [5.41, 5.74) is 5.68. The van der Waals surface area contributed by atoms with E-state index in [2.05, 4.69) is 12.2 Å². The number of nitrogens with one attached hydrogen (secondary N) is 1. The zero-order chi connectivity index (χ0) is 14.5. The van der Waals surface area contributed by atoms with E-state index in [-0.39, 0.29) is 24.6 Å². The van der Waals surface area contributed by atoms with E-state index in [0.29, 0.717) is 12.5 Å². The first kappa shape index (κ1) is 15.1. The lowest BCUT2D eigenvalue weighted by Gasteiger charge is -2.23. The molecular formula is C14H25N3O3. The fourth-order valence-corrected chi connectivity index (χ4v) is 3.13. The molecule has 1 aliphatic heterocycles. The van der Waals surface area contributed by atoms with Crippen molar-refractivity contribution in [2.45, 2.75) is 51.2 Å². The summed E-state index contributed by atoms with van der Waals surface area (Å²) in [5, 5.41) is 2.55. The Labute approximate surface area is 120 Å². The van der Waals surface area contributed by atoms with Gasteiger partial charge in [0.25, 0.3) is 0 Å². The average molecular weight is 283 g/mol. The van der Waals surface area contributed by atoms with Crippen molar-refractivity contribution < 1.29 is 14.3 Å². The van der Waals surface area contributed by atoms with Gasteiger partial charge in [0.2, 0.25) is 5.91 Å². The molecule has 0 aromatic carbocycles. The highest BCUT2D eigenvalue weighted by Crippen LogP contribution is 2.22. The Morgan fingerprint density at radius 2 is 2.05 bits per heavy atom. The van der Waals surface area contributed by atoms with Gasteiger partial charge in [-0.15, -0.1) is 0 Å². The molecule has 0 radical (unpaired) electrons. The molecular weight excluding hydrogens is 258 g/mol. The molecule has 1 heterocycles. The molecule has 6 heteroatoms. The van der Waals surface area contributed by atoms with Gasteiger partial charge in [0.15, 0.2) is 0 Å². The third kappa shape index (κ3) is 3.85. The first-order valence-corrected chi connectivity index (χ1v) is 7.54. The van der Waals surface area contributed by atoms with Crippen molar-refractivity contribution in [2.24, 2.45) is 11.7 Å². The number of rotatable bonds is 4. The van der Waals surface area contributed by atoms with E-state index < -0.39 is 6.09 Å². The molecule has 0 aromatic rings. The summed E-state index contributed by atoms with van der Waals surface area (Å²) < 4.78 is 5.25. The van der Waals surface area contributed by atoms with E-state index in [0.717, 1.165) is 38.6 Å². The summed E-state index contributed by atoms with van der Waals surface area (Å²) in [5.74, 6) is 0.395. The Morgan fingerprint density at radius 3 is 2.70 bits per heavy atom. The second-order valence-corrected chi connectivity index (χ2v) is 5.94. The lowest BCUT2D eigenvalue weighted by Crippen LogP contribution is -2.45. The normalized spacial score (nSPS) is 26.8. The van der Waals surface area contributed by atoms with Gasteiger partial charge in [0.1, 0.15) is 12.6 Å². The van der Waals surface area contributed by atoms with Gasteiger partial charge < -0.3 is 20.7 Å². The van der Waals surface area contributed by atoms with Gasteiger partial charge >= 0.3 is 6.09 Å². The third-order valence-electron chi connectivity index (χ3n) is 4.18. The molecule has 2 fully saturated rings. The standard InChI is InChI=1S/C14H25N3O3/c1-10-6-11(7-15)17(9-10)13(18)8-16-14(19)20-12-4-2-3-5-12/h10-12H,2-9,15H2,1H3,(H,16,19). The Morgan fingerprint density at radius 1 is 1.35 bits per heavy atom. The predicted octanol–water partition coefficient (Wildman–Crippen LogP) is 0.851. The molecule has 2 atom stereocenters. The van der Waals surface area contributed by atoms with Crippen molar-refractivity contribution in [3.63, 3.8) is 0 Å². The summed E-state index contributed by atoms with van der Waals surface area (Å²) in [4.78, 5) is 25.5. The minimum Gasteiger partial charge on any atom is -0.446 e. The molecule has 114 valence electrons. The Balaban J connectivity index is 1.72. The molecule has 0 aromatic heterocycles. The maximum atomic E-state index is 12.1. The molecule has 1 saturated heterocycles. The molecule has 1 aliphatic carbocycles. The smallest absolute Gasteiger partial charge is 0.407 e. The van der Waals surface area contributed by atoms with Crippen LogP contribution in [0.5, 0.6) is 0 Å². The number of hydrogen-bond acceptors (Lipinski definition) is 4. The van der Waals surface area contributed by atoms with Gasteiger partial charge in [-0.25, -0.2) is 4.79 Å². The first-order chi connectivity index (χ1) is 9.60. The SMILES string of the molecule is CC1CC(CN)N(C(=O)CNC(=O)OC2CCCC2)C1. The molecule has 3 N–H and O–H groups in total. The molecule has 2 rings (SSSR count). The fourth-order valence-electron chi connectivity index (χ4n) is 3.13. The number of carbonyl (C=O) groups is 2. The van der Waals surface area contributed by atoms with Crippen LogP contribution in [0.4, 0.5) is 4.79 Å². The van der Waals surface area contributed by atoms with Crippen LogP contribution in [-0.4, -0.2) is 48.7 Å². The maximum absolute atomic E-state index is 12.1. The van der Waals surface area contributed by atoms with Crippen molar-refractivity contribution in [1.82, 2.24) is 10.2 Å². The van der Waals surface area contributed by atoms with E-state index in [1.54, 1.807) is 4.90 Å². The van der Waals surface area contributed by atoms with Crippen LogP contribution in [0.2, 0.25) is 0 Å². The lowest BCUT2D eigenvalue weighted by atomic mass is 10.1. The van der Waals surface area contributed by atoms with Crippen LogP contribution in [-0.2, 0) is 9.53 Å². The number of likely N-dealkylation sites (tertiary alicyclic amines) is 1. The van der Waals surface area contributed by atoms with Crippen LogP contribution in [0.3, 0.4) is 0 Å². The monoisotopic (exact) mass is 283 g/mol. The predicted molar refractivity (Wildman–Crippen MR) is 75.1 cm³/mol. The minimum absolute atomic E-state index is 0.00519. The van der Waals surface area contributed by atoms with Gasteiger partial charge in [-0.1, -0.05) is 6.92 Å². The summed E-state index contributed by atoms with van der Waals surface area (Å²) >= 11 is 0. The van der Waals surface area contributed by atoms with Crippen molar-refractivity contribution in [3.05, 3.63) is 0 Å². The highest BCUT2D eigenvalue weighted by Gasteiger charge is 2.32. The number of amides is 2. The first-order valence-electron chi connectivity index (χ1n) is 7.54. The second-order valence-electron chi connectivity index (χ2n) is 5.94. The number of ether oxygens (including phenoxy) is 1. The Kier molecular flexibility index (Phi) is 5.23. The Bertz CT molecular complexity index is 356. The minimum atomic E-state index is -0.484. The van der Waals surface area contributed by atoms with Gasteiger partial charge in [0, 0.05) is 19.1 Å². The quantitative estimate of drug-likeness (QED) is 0.801. The van der Waals surface area contributed by atoms with Gasteiger partial charge in [-0.2, -0.15) is 0 Å². The summed E-state index contributed by atoms with van der Waals surface area (Å²) in [6, 6.07) is 0.102. The molecule has 2 amide bonds. The van der Waals surface area contributed by atoms with Crippen LogP contribution >= 0.6 is 0 Å². The topological polar surface area (TPSA) is 84.7 Å².